The molecule has 0 fully saturated rings. The van der Waals surface area contributed by atoms with Crippen molar-refractivity contribution >= 4 is 38.8 Å². The maximum Gasteiger partial charge on any atom is 0.265 e. The summed E-state index contributed by atoms with van der Waals surface area (Å²) in [5, 5.41) is 2.47. The van der Waals surface area contributed by atoms with Crippen molar-refractivity contribution < 1.29 is 37.0 Å². The summed E-state index contributed by atoms with van der Waals surface area (Å²) in [6, 6.07) is 8.98. The van der Waals surface area contributed by atoms with Crippen LogP contribution in [0.3, 0.4) is 0 Å². The van der Waals surface area contributed by atoms with Crippen LogP contribution < -0.4 is 24.4 Å². The number of carbonyl (C=O) groups excluding carboxylic acids is 3. The monoisotopic (exact) mass is 476 g/mol. The van der Waals surface area contributed by atoms with Gasteiger partial charge in [0.25, 0.3) is 5.91 Å². The highest BCUT2D eigenvalue weighted by atomic mass is 32.2. The number of amides is 2. The molecule has 2 aromatic carbocycles. The molecule has 176 valence electrons. The molecule has 0 atom stereocenters. The highest BCUT2D eigenvalue weighted by Crippen LogP contribution is 2.33. The molecule has 0 bridgehead atoms. The number of nitrogens with one attached hydrogen (secondary N) is 1. The summed E-state index contributed by atoms with van der Waals surface area (Å²) in [6.45, 7) is 2.06. The van der Waals surface area contributed by atoms with Crippen LogP contribution in [0.25, 0.3) is 0 Å². The molecule has 0 spiro atoms. The highest BCUT2D eigenvalue weighted by molar-refractivity contribution is 7.92. The average Bonchev–Trinajstić information content (AvgIpc) is 2.77. The Labute approximate surface area is 191 Å². The Balaban J connectivity index is 1.68. The summed E-state index contributed by atoms with van der Waals surface area (Å²) in [5.41, 5.74) is 0.829. The first-order valence-electron chi connectivity index (χ1n) is 10.00. The molecule has 0 unspecified atom stereocenters. The summed E-state index contributed by atoms with van der Waals surface area (Å²) in [4.78, 5) is 38.4. The number of methoxy groups -OCH3 is 2. The maximum atomic E-state index is 12.6. The quantitative estimate of drug-likeness (QED) is 0.542. The standard InChI is InChI=1S/C22H24N2O8S/c1-4-24-16-9-14(5-7-18(16)32-11-22(24)27)17(25)12-33(28,29)13-21(26)23-15-6-8-19(30-2)20(10-15)31-3/h5-10H,4,11-13H2,1-3H3,(H,23,26). The second-order valence-corrected chi connectivity index (χ2v) is 9.25. The number of ketones is 1. The topological polar surface area (TPSA) is 128 Å². The van der Waals surface area contributed by atoms with Crippen LogP contribution in [-0.2, 0) is 19.4 Å². The fourth-order valence-electron chi connectivity index (χ4n) is 3.37. The minimum absolute atomic E-state index is 0.0995. The molecule has 0 radical (unpaired) electrons. The van der Waals surface area contributed by atoms with Crippen LogP contribution in [0.5, 0.6) is 17.2 Å². The number of anilines is 2. The lowest BCUT2D eigenvalue weighted by Gasteiger charge is -2.28. The molecule has 2 amide bonds. The molecule has 10 nitrogen and oxygen atoms in total. The zero-order chi connectivity index (χ0) is 24.2. The van der Waals surface area contributed by atoms with E-state index in [0.29, 0.717) is 35.2 Å². The van der Waals surface area contributed by atoms with Gasteiger partial charge in [-0.25, -0.2) is 8.42 Å². The van der Waals surface area contributed by atoms with Crippen LogP contribution in [0, 0.1) is 0 Å². The Hall–Kier alpha value is -3.60. The number of carbonyl (C=O) groups is 3. The van der Waals surface area contributed by atoms with Crippen LogP contribution in [0.4, 0.5) is 11.4 Å². The first-order chi connectivity index (χ1) is 15.7. The van der Waals surface area contributed by atoms with Crippen molar-refractivity contribution in [1.29, 1.82) is 0 Å². The third kappa shape index (κ3) is 5.61. The summed E-state index contributed by atoms with van der Waals surface area (Å²) in [5.74, 6) is -2.22. The average molecular weight is 477 g/mol. The number of sulfone groups is 1. The number of ether oxygens (including phenoxy) is 3. The molecule has 1 aliphatic rings. The van der Waals surface area contributed by atoms with E-state index in [2.05, 4.69) is 5.32 Å². The number of rotatable bonds is 9. The molecule has 0 aliphatic carbocycles. The van der Waals surface area contributed by atoms with E-state index in [1.54, 1.807) is 13.0 Å². The lowest BCUT2D eigenvalue weighted by molar-refractivity contribution is -0.121. The highest BCUT2D eigenvalue weighted by Gasteiger charge is 2.27. The van der Waals surface area contributed by atoms with Gasteiger partial charge in [-0.3, -0.25) is 14.4 Å². The van der Waals surface area contributed by atoms with E-state index in [-0.39, 0.29) is 18.1 Å². The van der Waals surface area contributed by atoms with E-state index in [0.717, 1.165) is 0 Å². The SMILES string of the molecule is CCN1C(=O)COc2ccc(C(=O)CS(=O)(=O)CC(=O)Nc3ccc(OC)c(OC)c3)cc21. The van der Waals surface area contributed by atoms with Gasteiger partial charge >= 0.3 is 0 Å². The second-order valence-electron chi connectivity index (χ2n) is 7.18. The van der Waals surface area contributed by atoms with Crippen molar-refractivity contribution in [2.75, 3.05) is 49.1 Å². The van der Waals surface area contributed by atoms with Gasteiger partial charge in [0.05, 0.1) is 19.9 Å². The van der Waals surface area contributed by atoms with Crippen molar-refractivity contribution in [3.8, 4) is 17.2 Å². The molecule has 0 saturated heterocycles. The Kier molecular flexibility index (Phi) is 7.22. The summed E-state index contributed by atoms with van der Waals surface area (Å²) < 4.78 is 40.6. The number of nitrogens with zero attached hydrogens (tertiary/aromatic N) is 1. The molecule has 33 heavy (non-hydrogen) atoms. The van der Waals surface area contributed by atoms with E-state index in [4.69, 9.17) is 14.2 Å². The van der Waals surface area contributed by atoms with Gasteiger partial charge in [-0.1, -0.05) is 0 Å². The lowest BCUT2D eigenvalue weighted by atomic mass is 10.1. The Morgan fingerprint density at radius 3 is 2.45 bits per heavy atom. The molecule has 0 aromatic heterocycles. The van der Waals surface area contributed by atoms with Crippen LogP contribution in [0.2, 0.25) is 0 Å². The molecular weight excluding hydrogens is 452 g/mol. The summed E-state index contributed by atoms with van der Waals surface area (Å²) in [6.07, 6.45) is 0. The molecule has 2 aromatic rings. The molecule has 1 aliphatic heterocycles. The van der Waals surface area contributed by atoms with E-state index < -0.39 is 33.0 Å². The van der Waals surface area contributed by atoms with Gasteiger partial charge in [-0.15, -0.1) is 0 Å². The van der Waals surface area contributed by atoms with Crippen molar-refractivity contribution in [3.63, 3.8) is 0 Å². The molecule has 11 heteroatoms. The van der Waals surface area contributed by atoms with Gasteiger partial charge in [-0.2, -0.15) is 0 Å². The van der Waals surface area contributed by atoms with E-state index >= 15 is 0 Å². The predicted molar refractivity (Wildman–Crippen MR) is 121 cm³/mol. The first kappa shape index (κ1) is 24.1. The van der Waals surface area contributed by atoms with Crippen LogP contribution in [0.1, 0.15) is 17.3 Å². The van der Waals surface area contributed by atoms with E-state index in [1.165, 1.54) is 49.5 Å². The summed E-state index contributed by atoms with van der Waals surface area (Å²) >= 11 is 0. The van der Waals surface area contributed by atoms with E-state index in [9.17, 15) is 22.8 Å². The number of Topliss-reactive ketones (excluding diaryl/α,β-unsaturated/α-hetero) is 1. The number of hydrogen-bond acceptors (Lipinski definition) is 8. The minimum atomic E-state index is -4.06. The molecule has 0 saturated carbocycles. The van der Waals surface area contributed by atoms with Crippen molar-refractivity contribution in [2.24, 2.45) is 0 Å². The van der Waals surface area contributed by atoms with Crippen LogP contribution in [-0.4, -0.2) is 64.9 Å². The van der Waals surface area contributed by atoms with Crippen molar-refractivity contribution in [3.05, 3.63) is 42.0 Å². The van der Waals surface area contributed by atoms with Crippen LogP contribution in [0.15, 0.2) is 36.4 Å². The number of likely N-dealkylation sites (N-methyl/N-ethyl adjacent to an activating group) is 1. The van der Waals surface area contributed by atoms with Gasteiger partial charge < -0.3 is 24.4 Å². The third-order valence-corrected chi connectivity index (χ3v) is 6.31. The van der Waals surface area contributed by atoms with Gasteiger partial charge in [0, 0.05) is 23.9 Å². The number of hydrogen-bond donors (Lipinski definition) is 1. The zero-order valence-electron chi connectivity index (χ0n) is 18.4. The Bertz CT molecular complexity index is 1190. The van der Waals surface area contributed by atoms with Crippen molar-refractivity contribution in [1.82, 2.24) is 0 Å². The molecule has 3 rings (SSSR count). The molecule has 1 heterocycles. The van der Waals surface area contributed by atoms with Gasteiger partial charge in [0.1, 0.15) is 17.3 Å². The number of fused-ring (bicyclic) bond motifs is 1. The Morgan fingerprint density at radius 2 is 1.79 bits per heavy atom. The van der Waals surface area contributed by atoms with E-state index in [1.807, 2.05) is 0 Å². The maximum absolute atomic E-state index is 12.6. The van der Waals surface area contributed by atoms with Gasteiger partial charge in [-0.05, 0) is 37.3 Å². The number of benzene rings is 2. The first-order valence-corrected chi connectivity index (χ1v) is 11.8. The molecular formula is C22H24N2O8S. The minimum Gasteiger partial charge on any atom is -0.493 e. The zero-order valence-corrected chi connectivity index (χ0v) is 19.2. The van der Waals surface area contributed by atoms with Gasteiger partial charge in [0.15, 0.2) is 33.7 Å². The fourth-order valence-corrected chi connectivity index (χ4v) is 4.51. The summed E-state index contributed by atoms with van der Waals surface area (Å²) in [7, 11) is -1.16. The second kappa shape index (κ2) is 9.90. The fraction of sp³-hybridized carbons (Fsp3) is 0.318. The molecule has 1 N–H and O–H groups in total. The normalized spacial score (nSPS) is 13.1. The lowest BCUT2D eigenvalue weighted by Crippen LogP contribution is -2.38. The third-order valence-electron chi connectivity index (χ3n) is 4.91. The van der Waals surface area contributed by atoms with Crippen LogP contribution >= 0.6 is 0 Å². The smallest absolute Gasteiger partial charge is 0.265 e. The van der Waals surface area contributed by atoms with Gasteiger partial charge in [0.2, 0.25) is 5.91 Å². The predicted octanol–water partition coefficient (Wildman–Crippen LogP) is 1.69. The largest absolute Gasteiger partial charge is 0.493 e. The Morgan fingerprint density at radius 1 is 1.06 bits per heavy atom. The van der Waals surface area contributed by atoms with Crippen molar-refractivity contribution in [2.45, 2.75) is 6.92 Å².